The molecule has 110 valence electrons. The van der Waals surface area contributed by atoms with Crippen molar-refractivity contribution in [3.63, 3.8) is 0 Å². The minimum Gasteiger partial charge on any atom is -0.350 e. The number of nitriles is 1. The minimum absolute atomic E-state index is 0.283. The van der Waals surface area contributed by atoms with Crippen molar-refractivity contribution in [3.05, 3.63) is 70.2 Å². The lowest BCUT2D eigenvalue weighted by molar-refractivity contribution is -0.122. The number of benzene rings is 2. The summed E-state index contributed by atoms with van der Waals surface area (Å²) >= 11 is 3.27. The van der Waals surface area contributed by atoms with Crippen LogP contribution in [0.2, 0.25) is 0 Å². The Hall–Kier alpha value is -2.45. The van der Waals surface area contributed by atoms with Gasteiger partial charge in [0.1, 0.15) is 0 Å². The van der Waals surface area contributed by atoms with Crippen LogP contribution in [0.4, 0.5) is 0 Å². The molecule has 0 radical (unpaired) electrons. The van der Waals surface area contributed by atoms with E-state index in [1.54, 1.807) is 30.3 Å². The highest BCUT2D eigenvalue weighted by molar-refractivity contribution is 9.10. The van der Waals surface area contributed by atoms with Gasteiger partial charge in [-0.25, -0.2) is 0 Å². The molecular formula is C17H13BrN2O2. The van der Waals surface area contributed by atoms with Gasteiger partial charge in [-0.1, -0.05) is 58.4 Å². The van der Waals surface area contributed by atoms with Crippen LogP contribution in [0, 0.1) is 17.2 Å². The Kier molecular flexibility index (Phi) is 5.45. The Labute approximate surface area is 136 Å². The van der Waals surface area contributed by atoms with Crippen molar-refractivity contribution in [2.75, 3.05) is 0 Å². The molecule has 0 aromatic heterocycles. The Bertz CT molecular complexity index is 706. The standard InChI is InChI=1S/C17H13BrN2O2/c18-14-8-6-13(7-9-14)16(21)15(10-19)17(22)20-11-12-4-2-1-3-5-12/h1-9,15H,11H2,(H,20,22)/t15-/m0/s1. The first-order valence-corrected chi connectivity index (χ1v) is 7.42. The van der Waals surface area contributed by atoms with Gasteiger partial charge in [0.25, 0.3) is 0 Å². The number of rotatable bonds is 5. The van der Waals surface area contributed by atoms with E-state index in [0.29, 0.717) is 5.56 Å². The molecule has 1 amide bonds. The topological polar surface area (TPSA) is 70.0 Å². The van der Waals surface area contributed by atoms with E-state index in [0.717, 1.165) is 10.0 Å². The number of hydrogen-bond acceptors (Lipinski definition) is 3. The van der Waals surface area contributed by atoms with Gasteiger partial charge in [0.05, 0.1) is 6.07 Å². The molecule has 2 rings (SSSR count). The maximum absolute atomic E-state index is 12.2. The average molecular weight is 357 g/mol. The molecule has 0 saturated heterocycles. The van der Waals surface area contributed by atoms with Gasteiger partial charge in [0.2, 0.25) is 5.91 Å². The fourth-order valence-corrected chi connectivity index (χ4v) is 2.17. The highest BCUT2D eigenvalue weighted by Crippen LogP contribution is 2.14. The zero-order valence-electron chi connectivity index (χ0n) is 11.6. The number of ketones is 1. The lowest BCUT2D eigenvalue weighted by Gasteiger charge is -2.10. The molecule has 22 heavy (non-hydrogen) atoms. The van der Waals surface area contributed by atoms with Crippen LogP contribution in [-0.2, 0) is 11.3 Å². The predicted octanol–water partition coefficient (Wildman–Crippen LogP) is 3.09. The van der Waals surface area contributed by atoms with Crippen molar-refractivity contribution < 1.29 is 9.59 Å². The third-order valence-corrected chi connectivity index (χ3v) is 3.62. The summed E-state index contributed by atoms with van der Waals surface area (Å²) in [5.74, 6) is -2.43. The molecule has 5 heteroatoms. The zero-order chi connectivity index (χ0) is 15.9. The average Bonchev–Trinajstić information content (AvgIpc) is 2.55. The van der Waals surface area contributed by atoms with Crippen molar-refractivity contribution in [2.45, 2.75) is 6.54 Å². The van der Waals surface area contributed by atoms with Crippen LogP contribution in [-0.4, -0.2) is 11.7 Å². The summed E-state index contributed by atoms with van der Waals surface area (Å²) in [6, 6.07) is 17.7. The van der Waals surface area contributed by atoms with Crippen molar-refractivity contribution in [3.8, 4) is 6.07 Å². The van der Waals surface area contributed by atoms with Gasteiger partial charge in [-0.05, 0) is 17.7 Å². The summed E-state index contributed by atoms with van der Waals surface area (Å²) in [5, 5.41) is 11.8. The first-order chi connectivity index (χ1) is 10.6. The van der Waals surface area contributed by atoms with Crippen LogP contribution in [0.3, 0.4) is 0 Å². The van der Waals surface area contributed by atoms with E-state index in [4.69, 9.17) is 5.26 Å². The van der Waals surface area contributed by atoms with E-state index in [-0.39, 0.29) is 6.54 Å². The summed E-state index contributed by atoms with van der Waals surface area (Å²) in [7, 11) is 0. The maximum Gasteiger partial charge on any atom is 0.245 e. The number of halogens is 1. The number of carbonyl (C=O) groups is 2. The van der Waals surface area contributed by atoms with Gasteiger partial charge in [-0.2, -0.15) is 5.26 Å². The fourth-order valence-electron chi connectivity index (χ4n) is 1.90. The second-order valence-electron chi connectivity index (χ2n) is 4.64. The van der Waals surface area contributed by atoms with E-state index in [9.17, 15) is 9.59 Å². The summed E-state index contributed by atoms with van der Waals surface area (Å²) in [6.45, 7) is 0.283. The number of carbonyl (C=O) groups excluding carboxylic acids is 2. The molecule has 0 saturated carbocycles. The van der Waals surface area contributed by atoms with Crippen LogP contribution in [0.15, 0.2) is 59.1 Å². The summed E-state index contributed by atoms with van der Waals surface area (Å²) in [6.07, 6.45) is 0. The van der Waals surface area contributed by atoms with Crippen LogP contribution in [0.5, 0.6) is 0 Å². The van der Waals surface area contributed by atoms with Gasteiger partial charge in [-0.15, -0.1) is 0 Å². The monoisotopic (exact) mass is 356 g/mol. The molecule has 2 aromatic rings. The largest absolute Gasteiger partial charge is 0.350 e. The smallest absolute Gasteiger partial charge is 0.245 e. The second kappa shape index (κ2) is 7.53. The lowest BCUT2D eigenvalue weighted by atomic mass is 9.98. The van der Waals surface area contributed by atoms with Crippen molar-refractivity contribution >= 4 is 27.6 Å². The van der Waals surface area contributed by atoms with Gasteiger partial charge in [0, 0.05) is 16.6 Å². The van der Waals surface area contributed by atoms with Gasteiger partial charge in [-0.3, -0.25) is 9.59 Å². The van der Waals surface area contributed by atoms with E-state index in [2.05, 4.69) is 21.2 Å². The number of nitrogens with one attached hydrogen (secondary N) is 1. The van der Waals surface area contributed by atoms with Gasteiger partial charge in [0.15, 0.2) is 11.7 Å². The minimum atomic E-state index is -1.34. The molecule has 0 unspecified atom stereocenters. The zero-order valence-corrected chi connectivity index (χ0v) is 13.2. The highest BCUT2D eigenvalue weighted by Gasteiger charge is 2.27. The molecule has 0 fully saturated rings. The Balaban J connectivity index is 2.04. The van der Waals surface area contributed by atoms with Gasteiger partial charge < -0.3 is 5.32 Å². The van der Waals surface area contributed by atoms with E-state index in [1.165, 1.54) is 0 Å². The quantitative estimate of drug-likeness (QED) is 0.660. The predicted molar refractivity (Wildman–Crippen MR) is 85.9 cm³/mol. The van der Waals surface area contributed by atoms with Crippen LogP contribution in [0.25, 0.3) is 0 Å². The SMILES string of the molecule is N#C[C@H](C(=O)NCc1ccccc1)C(=O)c1ccc(Br)cc1. The Morgan fingerprint density at radius 1 is 1.09 bits per heavy atom. The number of Topliss-reactive ketones (excluding diaryl/α,β-unsaturated/α-hetero) is 1. The van der Waals surface area contributed by atoms with Gasteiger partial charge >= 0.3 is 0 Å². The lowest BCUT2D eigenvalue weighted by Crippen LogP contribution is -2.34. The first kappa shape index (κ1) is 15.9. The molecule has 0 aliphatic rings. The number of hydrogen-bond donors (Lipinski definition) is 1. The molecule has 1 atom stereocenters. The molecule has 0 heterocycles. The Morgan fingerprint density at radius 2 is 1.73 bits per heavy atom. The molecule has 0 spiro atoms. The molecule has 4 nitrogen and oxygen atoms in total. The molecule has 0 aliphatic carbocycles. The maximum atomic E-state index is 12.2. The number of nitrogens with zero attached hydrogens (tertiary/aromatic N) is 1. The summed E-state index contributed by atoms with van der Waals surface area (Å²) in [4.78, 5) is 24.3. The van der Waals surface area contributed by atoms with Crippen LogP contribution in [0.1, 0.15) is 15.9 Å². The van der Waals surface area contributed by atoms with E-state index in [1.807, 2.05) is 30.3 Å². The molecule has 0 aliphatic heterocycles. The second-order valence-corrected chi connectivity index (χ2v) is 5.55. The summed E-state index contributed by atoms with van der Waals surface area (Å²) in [5.41, 5.74) is 1.24. The normalized spacial score (nSPS) is 11.3. The van der Waals surface area contributed by atoms with E-state index >= 15 is 0 Å². The van der Waals surface area contributed by atoms with E-state index < -0.39 is 17.6 Å². The molecule has 1 N–H and O–H groups in total. The molecule has 2 aromatic carbocycles. The van der Waals surface area contributed by atoms with Crippen molar-refractivity contribution in [1.82, 2.24) is 5.32 Å². The van der Waals surface area contributed by atoms with Crippen molar-refractivity contribution in [1.29, 1.82) is 5.26 Å². The highest BCUT2D eigenvalue weighted by atomic mass is 79.9. The number of amides is 1. The first-order valence-electron chi connectivity index (χ1n) is 6.63. The third-order valence-electron chi connectivity index (χ3n) is 3.09. The van der Waals surface area contributed by atoms with Crippen LogP contribution < -0.4 is 5.32 Å². The summed E-state index contributed by atoms with van der Waals surface area (Å²) < 4.78 is 0.825. The van der Waals surface area contributed by atoms with Crippen molar-refractivity contribution in [2.24, 2.45) is 5.92 Å². The third kappa shape index (κ3) is 4.03. The van der Waals surface area contributed by atoms with Crippen LogP contribution >= 0.6 is 15.9 Å². The molecule has 0 bridgehead atoms. The fraction of sp³-hybridized carbons (Fsp3) is 0.118. The Morgan fingerprint density at radius 3 is 2.32 bits per heavy atom. The molecular weight excluding hydrogens is 344 g/mol.